The van der Waals surface area contributed by atoms with Gasteiger partial charge in [-0.2, -0.15) is 0 Å². The Balaban J connectivity index is 1.67. The molecule has 0 spiro atoms. The lowest BCUT2D eigenvalue weighted by Crippen LogP contribution is -2.21. The molecule has 1 fully saturated rings. The van der Waals surface area contributed by atoms with Crippen molar-refractivity contribution in [2.45, 2.75) is 30.5 Å². The maximum atomic E-state index is 6.07. The van der Waals surface area contributed by atoms with E-state index in [0.717, 1.165) is 41.0 Å². The molecule has 4 nitrogen and oxygen atoms in total. The first-order chi connectivity index (χ1) is 12.8. The van der Waals surface area contributed by atoms with Gasteiger partial charge in [0.15, 0.2) is 11.0 Å². The van der Waals surface area contributed by atoms with E-state index in [2.05, 4.69) is 26.9 Å². The van der Waals surface area contributed by atoms with Gasteiger partial charge in [-0.3, -0.25) is 4.57 Å². The molecule has 0 bridgehead atoms. The van der Waals surface area contributed by atoms with E-state index in [-0.39, 0.29) is 0 Å². The minimum Gasteiger partial charge on any atom is -0.377 e. The fourth-order valence-electron chi connectivity index (χ4n) is 3.07. The Kier molecular flexibility index (Phi) is 5.58. The fourth-order valence-corrected chi connectivity index (χ4v) is 4.21. The molecule has 134 valence electrons. The van der Waals surface area contributed by atoms with Gasteiger partial charge in [0.2, 0.25) is 0 Å². The minimum atomic E-state index is 0.296. The summed E-state index contributed by atoms with van der Waals surface area (Å²) in [5, 5.41) is 10.5. The predicted molar refractivity (Wildman–Crippen MR) is 106 cm³/mol. The molecule has 0 radical (unpaired) electrons. The van der Waals surface area contributed by atoms with Gasteiger partial charge in [0.1, 0.15) is 0 Å². The standard InChI is InChI=1S/C20H20ClN3OS/c21-16-9-11-17(12-10-16)24-19(15-6-2-1-3-7-15)22-23-20(24)26-14-18-8-4-5-13-25-18/h1-3,6-7,9-12,18H,4-5,8,13-14H2/t18-/m0/s1. The van der Waals surface area contributed by atoms with Crippen molar-refractivity contribution < 1.29 is 4.74 Å². The molecule has 0 unspecified atom stereocenters. The summed E-state index contributed by atoms with van der Waals surface area (Å²) in [4.78, 5) is 0. The van der Waals surface area contributed by atoms with E-state index in [1.165, 1.54) is 12.8 Å². The Hall–Kier alpha value is -1.82. The number of hydrogen-bond acceptors (Lipinski definition) is 4. The van der Waals surface area contributed by atoms with Gasteiger partial charge in [-0.1, -0.05) is 53.7 Å². The smallest absolute Gasteiger partial charge is 0.196 e. The number of aromatic nitrogens is 3. The first kappa shape index (κ1) is 17.6. The van der Waals surface area contributed by atoms with Crippen LogP contribution in [0.25, 0.3) is 17.1 Å². The van der Waals surface area contributed by atoms with E-state index in [4.69, 9.17) is 16.3 Å². The molecule has 0 saturated carbocycles. The summed E-state index contributed by atoms with van der Waals surface area (Å²) in [7, 11) is 0. The van der Waals surface area contributed by atoms with Crippen molar-refractivity contribution in [2.75, 3.05) is 12.4 Å². The van der Waals surface area contributed by atoms with Gasteiger partial charge >= 0.3 is 0 Å². The minimum absolute atomic E-state index is 0.296. The summed E-state index contributed by atoms with van der Waals surface area (Å²) in [6, 6.07) is 17.9. The quantitative estimate of drug-likeness (QED) is 0.562. The molecule has 4 rings (SSSR count). The third-order valence-corrected chi connectivity index (χ3v) is 5.74. The van der Waals surface area contributed by atoms with Crippen molar-refractivity contribution in [1.82, 2.24) is 14.8 Å². The van der Waals surface area contributed by atoms with E-state index in [1.54, 1.807) is 11.8 Å². The predicted octanol–water partition coefficient (Wildman–Crippen LogP) is 5.25. The maximum absolute atomic E-state index is 6.07. The van der Waals surface area contributed by atoms with E-state index in [9.17, 15) is 0 Å². The van der Waals surface area contributed by atoms with Crippen LogP contribution >= 0.6 is 23.4 Å². The zero-order valence-corrected chi connectivity index (χ0v) is 15.9. The van der Waals surface area contributed by atoms with Crippen LogP contribution in [-0.4, -0.2) is 33.2 Å². The zero-order valence-electron chi connectivity index (χ0n) is 14.3. The van der Waals surface area contributed by atoms with Crippen LogP contribution < -0.4 is 0 Å². The van der Waals surface area contributed by atoms with Crippen LogP contribution in [0.5, 0.6) is 0 Å². The molecule has 1 aromatic heterocycles. The zero-order chi connectivity index (χ0) is 17.8. The topological polar surface area (TPSA) is 39.9 Å². The average Bonchev–Trinajstić information content (AvgIpc) is 3.12. The van der Waals surface area contributed by atoms with Gasteiger partial charge in [0.25, 0.3) is 0 Å². The first-order valence-corrected chi connectivity index (χ1v) is 10.2. The van der Waals surface area contributed by atoms with E-state index in [0.29, 0.717) is 11.1 Å². The summed E-state index contributed by atoms with van der Waals surface area (Å²) in [5.41, 5.74) is 2.04. The van der Waals surface area contributed by atoms with Gasteiger partial charge in [0, 0.05) is 28.6 Å². The summed E-state index contributed by atoms with van der Waals surface area (Å²) in [6.45, 7) is 0.865. The molecule has 0 amide bonds. The second-order valence-corrected chi connectivity index (χ2v) is 7.71. The Morgan fingerprint density at radius 1 is 1.04 bits per heavy atom. The number of halogens is 1. The number of benzene rings is 2. The molecule has 26 heavy (non-hydrogen) atoms. The molecule has 1 atom stereocenters. The lowest BCUT2D eigenvalue weighted by atomic mass is 10.1. The highest BCUT2D eigenvalue weighted by atomic mass is 35.5. The van der Waals surface area contributed by atoms with Gasteiger partial charge in [0.05, 0.1) is 6.10 Å². The molecule has 1 aliphatic rings. The number of nitrogens with zero attached hydrogens (tertiary/aromatic N) is 3. The number of thioether (sulfide) groups is 1. The molecule has 2 heterocycles. The molecule has 2 aromatic carbocycles. The number of hydrogen-bond donors (Lipinski definition) is 0. The Morgan fingerprint density at radius 2 is 1.85 bits per heavy atom. The lowest BCUT2D eigenvalue weighted by molar-refractivity contribution is 0.0315. The van der Waals surface area contributed by atoms with Crippen molar-refractivity contribution in [3.63, 3.8) is 0 Å². The SMILES string of the molecule is Clc1ccc(-n2c(SC[C@@H]3CCCCO3)nnc2-c2ccccc2)cc1. The van der Waals surface area contributed by atoms with Gasteiger partial charge in [-0.15, -0.1) is 10.2 Å². The second kappa shape index (κ2) is 8.25. The highest BCUT2D eigenvalue weighted by Gasteiger charge is 2.19. The van der Waals surface area contributed by atoms with Gasteiger partial charge < -0.3 is 4.74 Å². The third kappa shape index (κ3) is 3.95. The Labute approximate surface area is 162 Å². The van der Waals surface area contributed by atoms with Crippen LogP contribution in [0, 0.1) is 0 Å². The largest absolute Gasteiger partial charge is 0.377 e. The van der Waals surface area contributed by atoms with Crippen molar-refractivity contribution in [3.05, 3.63) is 59.6 Å². The van der Waals surface area contributed by atoms with E-state index < -0.39 is 0 Å². The molecule has 3 aromatic rings. The lowest BCUT2D eigenvalue weighted by Gasteiger charge is -2.22. The van der Waals surface area contributed by atoms with Crippen molar-refractivity contribution in [1.29, 1.82) is 0 Å². The number of ether oxygens (including phenoxy) is 1. The average molecular weight is 386 g/mol. The van der Waals surface area contributed by atoms with E-state index >= 15 is 0 Å². The Morgan fingerprint density at radius 3 is 2.58 bits per heavy atom. The van der Waals surface area contributed by atoms with Crippen LogP contribution in [0.1, 0.15) is 19.3 Å². The molecular formula is C20H20ClN3OS. The van der Waals surface area contributed by atoms with Crippen molar-refractivity contribution in [3.8, 4) is 17.1 Å². The monoisotopic (exact) mass is 385 g/mol. The first-order valence-electron chi connectivity index (χ1n) is 8.82. The molecule has 0 aliphatic carbocycles. The molecule has 0 N–H and O–H groups in total. The fraction of sp³-hybridized carbons (Fsp3) is 0.300. The summed E-state index contributed by atoms with van der Waals surface area (Å²) in [6.07, 6.45) is 3.82. The van der Waals surface area contributed by atoms with Gasteiger partial charge in [-0.05, 0) is 43.5 Å². The molecule has 1 aliphatic heterocycles. The summed E-state index contributed by atoms with van der Waals surface area (Å²) < 4.78 is 7.95. The summed E-state index contributed by atoms with van der Waals surface area (Å²) >= 11 is 7.77. The maximum Gasteiger partial charge on any atom is 0.196 e. The second-order valence-electron chi connectivity index (χ2n) is 6.28. The van der Waals surface area contributed by atoms with Crippen LogP contribution in [0.2, 0.25) is 5.02 Å². The Bertz CT molecular complexity index is 845. The molecule has 6 heteroatoms. The van der Waals surface area contributed by atoms with E-state index in [1.807, 2.05) is 42.5 Å². The highest BCUT2D eigenvalue weighted by Crippen LogP contribution is 2.30. The molecular weight excluding hydrogens is 366 g/mol. The molecule has 1 saturated heterocycles. The van der Waals surface area contributed by atoms with Crippen LogP contribution in [0.3, 0.4) is 0 Å². The van der Waals surface area contributed by atoms with Crippen LogP contribution in [0.4, 0.5) is 0 Å². The van der Waals surface area contributed by atoms with Gasteiger partial charge in [-0.25, -0.2) is 0 Å². The highest BCUT2D eigenvalue weighted by molar-refractivity contribution is 7.99. The van der Waals surface area contributed by atoms with Crippen LogP contribution in [-0.2, 0) is 4.74 Å². The van der Waals surface area contributed by atoms with Crippen molar-refractivity contribution >= 4 is 23.4 Å². The van der Waals surface area contributed by atoms with Crippen LogP contribution in [0.15, 0.2) is 59.8 Å². The number of rotatable bonds is 5. The third-order valence-electron chi connectivity index (χ3n) is 4.42. The normalized spacial score (nSPS) is 17.3. The summed E-state index contributed by atoms with van der Waals surface area (Å²) in [5.74, 6) is 1.72. The van der Waals surface area contributed by atoms with Crippen molar-refractivity contribution in [2.24, 2.45) is 0 Å².